The van der Waals surface area contributed by atoms with Crippen molar-refractivity contribution in [1.29, 1.82) is 0 Å². The van der Waals surface area contributed by atoms with Crippen LogP contribution in [0.5, 0.6) is 0 Å². The summed E-state index contributed by atoms with van der Waals surface area (Å²) in [5.41, 5.74) is 9.95. The van der Waals surface area contributed by atoms with Gasteiger partial charge in [-0.15, -0.1) is 0 Å². The van der Waals surface area contributed by atoms with Gasteiger partial charge in [-0.3, -0.25) is 9.48 Å². The van der Waals surface area contributed by atoms with Gasteiger partial charge in [0.1, 0.15) is 0 Å². The predicted octanol–water partition coefficient (Wildman–Crippen LogP) is 2.61. The number of hydrogen-bond donors (Lipinski definition) is 1. The van der Waals surface area contributed by atoms with E-state index < -0.39 is 11.9 Å². The molecule has 3 aromatic rings. The van der Waals surface area contributed by atoms with Crippen molar-refractivity contribution >= 4 is 50.8 Å². The van der Waals surface area contributed by atoms with Crippen LogP contribution in [0, 0.1) is 18.8 Å². The van der Waals surface area contributed by atoms with E-state index in [9.17, 15) is 19.2 Å². The summed E-state index contributed by atoms with van der Waals surface area (Å²) in [7, 11) is 0. The molecule has 1 radical (unpaired) electrons. The summed E-state index contributed by atoms with van der Waals surface area (Å²) < 4.78 is 2.93. The SMILES string of the molecule is Cc1nn(CCCCCC#Cc2cccc3c2CN(C2CCC(=O)N([Se])C2=O)C3=O)c2cc(C(N)=O)ccc12. The number of carbonyl (C=O) groups excluding carboxylic acids is 4. The minimum Gasteiger partial charge on any atom is -0.366 e. The van der Waals surface area contributed by atoms with Crippen LogP contribution in [0.2, 0.25) is 0 Å². The maximum absolute atomic E-state index is 13.1. The summed E-state index contributed by atoms with van der Waals surface area (Å²) >= 11 is 2.50. The van der Waals surface area contributed by atoms with E-state index in [1.54, 1.807) is 23.1 Å². The summed E-state index contributed by atoms with van der Waals surface area (Å²) in [6, 6.07) is 10.3. The van der Waals surface area contributed by atoms with Crippen molar-refractivity contribution in [3.63, 3.8) is 0 Å². The third-order valence-corrected chi connectivity index (χ3v) is 8.14. The zero-order valence-corrected chi connectivity index (χ0v) is 23.3. The molecule has 2 aromatic carbocycles. The molecule has 2 aliphatic heterocycles. The predicted molar refractivity (Wildman–Crippen MR) is 145 cm³/mol. The molecule has 1 atom stereocenters. The van der Waals surface area contributed by atoms with Crippen LogP contribution in [0.3, 0.4) is 0 Å². The van der Waals surface area contributed by atoms with Crippen LogP contribution in [0.15, 0.2) is 36.4 Å². The van der Waals surface area contributed by atoms with E-state index in [0.717, 1.165) is 63.9 Å². The molecule has 0 bridgehead atoms. The van der Waals surface area contributed by atoms with Crippen molar-refractivity contribution in [3.05, 3.63) is 64.3 Å². The van der Waals surface area contributed by atoms with Gasteiger partial charge in [-0.05, 0) is 25.5 Å². The van der Waals surface area contributed by atoms with Crippen molar-refractivity contribution in [2.45, 2.75) is 64.6 Å². The number of unbranched alkanes of at least 4 members (excludes halogenated alkanes) is 3. The Balaban J connectivity index is 1.17. The van der Waals surface area contributed by atoms with E-state index in [1.807, 2.05) is 29.8 Å². The Kier molecular flexibility index (Phi) is 7.56. The number of hydrogen-bond acceptors (Lipinski definition) is 5. The van der Waals surface area contributed by atoms with Crippen molar-refractivity contribution in [1.82, 2.24) is 18.6 Å². The molecule has 1 unspecified atom stereocenters. The number of benzene rings is 2. The first-order chi connectivity index (χ1) is 18.8. The van der Waals surface area contributed by atoms with E-state index >= 15 is 0 Å². The first-order valence-corrected chi connectivity index (χ1v) is 13.8. The van der Waals surface area contributed by atoms with Gasteiger partial charge in [0.05, 0.1) is 11.2 Å². The molecule has 5 rings (SSSR count). The number of piperidine rings is 1. The van der Waals surface area contributed by atoms with Crippen LogP contribution in [0.25, 0.3) is 10.9 Å². The fourth-order valence-electron chi connectivity index (χ4n) is 5.23. The third-order valence-electron chi connectivity index (χ3n) is 7.33. The molecule has 0 saturated carbocycles. The zero-order chi connectivity index (χ0) is 27.7. The molecule has 10 heteroatoms. The zero-order valence-electron chi connectivity index (χ0n) is 21.6. The van der Waals surface area contributed by atoms with Crippen LogP contribution in [0.1, 0.15) is 76.1 Å². The Hall–Kier alpha value is -3.93. The number of amides is 4. The number of aromatic nitrogens is 2. The van der Waals surface area contributed by atoms with E-state index in [4.69, 9.17) is 5.73 Å². The monoisotopic (exact) mass is 590 g/mol. The van der Waals surface area contributed by atoms with Crippen molar-refractivity contribution in [2.75, 3.05) is 0 Å². The molecule has 39 heavy (non-hydrogen) atoms. The van der Waals surface area contributed by atoms with Crippen LogP contribution in [-0.4, -0.2) is 64.5 Å². The van der Waals surface area contributed by atoms with Crippen LogP contribution in [0.4, 0.5) is 0 Å². The number of nitrogens with zero attached hydrogens (tertiary/aromatic N) is 4. The molecular weight excluding hydrogens is 561 g/mol. The maximum Gasteiger partial charge on any atom is 0.248 e. The standard InChI is InChI=1S/C29H28N5O4Se/c1-18-21-12-11-20(27(30)36)16-25(21)33(31-18)15-6-4-2-3-5-8-19-9-7-10-22-23(19)17-32(28(22)37)24-13-14-26(35)34(39)29(24)38/h7,9-12,16,24H,2-4,6,13-15,17H2,1H3,(H2,30,36). The quantitative estimate of drug-likeness (QED) is 0.197. The molecule has 3 heterocycles. The molecule has 4 amide bonds. The molecule has 0 spiro atoms. The first kappa shape index (κ1) is 26.7. The Morgan fingerprint density at radius 1 is 1.15 bits per heavy atom. The van der Waals surface area contributed by atoms with Crippen LogP contribution < -0.4 is 5.73 Å². The van der Waals surface area contributed by atoms with Gasteiger partial charge in [-0.1, -0.05) is 6.07 Å². The molecule has 2 N–H and O–H groups in total. The number of aryl methyl sites for hydroxylation is 2. The normalized spacial score (nSPS) is 17.0. The van der Waals surface area contributed by atoms with E-state index in [2.05, 4.69) is 33.2 Å². The molecular formula is C29H28N5O4Se. The van der Waals surface area contributed by atoms with Gasteiger partial charge in [0.2, 0.25) is 5.91 Å². The first-order valence-electron chi connectivity index (χ1n) is 13.0. The maximum atomic E-state index is 13.1. The summed E-state index contributed by atoms with van der Waals surface area (Å²) in [5.74, 6) is 5.16. The van der Waals surface area contributed by atoms with Gasteiger partial charge in [0.25, 0.3) is 0 Å². The van der Waals surface area contributed by atoms with Gasteiger partial charge in [0.15, 0.2) is 0 Å². The summed E-state index contributed by atoms with van der Waals surface area (Å²) in [5, 5.41) is 5.64. The Morgan fingerprint density at radius 2 is 1.97 bits per heavy atom. The minimum atomic E-state index is -0.650. The second-order valence-corrected chi connectivity index (χ2v) is 10.6. The molecule has 1 saturated heterocycles. The number of carbonyl (C=O) groups is 4. The Bertz CT molecular complexity index is 1570. The third kappa shape index (κ3) is 5.20. The van der Waals surface area contributed by atoms with Gasteiger partial charge in [0, 0.05) is 17.5 Å². The average Bonchev–Trinajstić information content (AvgIpc) is 3.43. The van der Waals surface area contributed by atoms with Crippen LogP contribution >= 0.6 is 0 Å². The van der Waals surface area contributed by atoms with E-state index in [-0.39, 0.29) is 24.1 Å². The summed E-state index contributed by atoms with van der Waals surface area (Å²) in [4.78, 5) is 50.6. The molecule has 9 nitrogen and oxygen atoms in total. The largest absolute Gasteiger partial charge is 0.366 e. The van der Waals surface area contributed by atoms with Gasteiger partial charge < -0.3 is 5.73 Å². The molecule has 0 aliphatic carbocycles. The smallest absolute Gasteiger partial charge is 0.248 e. The van der Waals surface area contributed by atoms with E-state index in [0.29, 0.717) is 24.1 Å². The summed E-state index contributed by atoms with van der Waals surface area (Å²) in [6.45, 7) is 3.01. The number of fused-ring (bicyclic) bond motifs is 2. The average molecular weight is 590 g/mol. The number of primary amides is 1. The number of imide groups is 1. The van der Waals surface area contributed by atoms with E-state index in [1.165, 1.54) is 0 Å². The minimum absolute atomic E-state index is 0.195. The molecule has 199 valence electrons. The second-order valence-electron chi connectivity index (χ2n) is 9.86. The fourth-order valence-corrected chi connectivity index (χ4v) is 5.68. The van der Waals surface area contributed by atoms with Gasteiger partial charge in [-0.25, -0.2) is 0 Å². The summed E-state index contributed by atoms with van der Waals surface area (Å²) in [6.07, 6.45) is 4.09. The number of rotatable bonds is 7. The van der Waals surface area contributed by atoms with Crippen LogP contribution in [-0.2, 0) is 22.7 Å². The van der Waals surface area contributed by atoms with Crippen molar-refractivity contribution < 1.29 is 19.2 Å². The Labute approximate surface area is 234 Å². The topological polar surface area (TPSA) is 119 Å². The molecule has 1 aromatic heterocycles. The van der Waals surface area contributed by atoms with Crippen molar-refractivity contribution in [3.8, 4) is 11.8 Å². The fraction of sp³-hybridized carbons (Fsp3) is 0.345. The van der Waals surface area contributed by atoms with Crippen molar-refractivity contribution in [2.24, 2.45) is 5.73 Å². The van der Waals surface area contributed by atoms with Gasteiger partial charge >= 0.3 is 149 Å². The molecule has 2 aliphatic rings. The second kappa shape index (κ2) is 11.0. The Morgan fingerprint density at radius 3 is 2.77 bits per heavy atom. The van der Waals surface area contributed by atoms with Gasteiger partial charge in [-0.2, -0.15) is 5.10 Å². The molecule has 1 fully saturated rings. The number of nitrogens with two attached hydrogens (primary N) is 1.